The molecule has 1 N–H and O–H groups in total. The van der Waals surface area contributed by atoms with Crippen LogP contribution in [-0.4, -0.2) is 23.8 Å². The number of anilines is 1. The molecule has 2 aromatic carbocycles. The molecular formula is C16H10F5N3. The molecule has 0 fully saturated rings. The molecule has 0 amide bonds. The van der Waals surface area contributed by atoms with Gasteiger partial charge in [-0.15, -0.1) is 0 Å². The van der Waals surface area contributed by atoms with Crippen LogP contribution in [0.2, 0.25) is 0 Å². The number of aliphatic imine (C=N–C) groups is 1. The third-order valence-electron chi connectivity index (χ3n) is 4.16. The number of nitrogens with zero attached hydrogens (tertiary/aromatic N) is 2. The fraction of sp³-hybridized carbons (Fsp3) is 0.188. The third kappa shape index (κ3) is 1.92. The van der Waals surface area contributed by atoms with Gasteiger partial charge in [0, 0.05) is 17.8 Å². The fourth-order valence-corrected chi connectivity index (χ4v) is 3.07. The molecule has 1 atom stereocenters. The first kappa shape index (κ1) is 14.9. The molecule has 1 unspecified atom stereocenters. The summed E-state index contributed by atoms with van der Waals surface area (Å²) in [5, 5.41) is 2.85. The van der Waals surface area contributed by atoms with Gasteiger partial charge in [0.1, 0.15) is 12.0 Å². The number of nitrogens with one attached hydrogen (secondary N) is 1. The van der Waals surface area contributed by atoms with Crippen molar-refractivity contribution in [2.24, 2.45) is 4.99 Å². The highest BCUT2D eigenvalue weighted by molar-refractivity contribution is 6.06. The number of halogens is 5. The smallest absolute Gasteiger partial charge is 0.200 e. The van der Waals surface area contributed by atoms with Gasteiger partial charge < -0.3 is 10.2 Å². The average Bonchev–Trinajstić information content (AvgIpc) is 3.08. The Hall–Kier alpha value is -2.64. The minimum absolute atomic E-state index is 0.306. The molecule has 2 aliphatic rings. The van der Waals surface area contributed by atoms with Crippen molar-refractivity contribution >= 4 is 11.5 Å². The Morgan fingerprint density at radius 3 is 2.25 bits per heavy atom. The van der Waals surface area contributed by atoms with Crippen molar-refractivity contribution in [1.29, 1.82) is 0 Å². The summed E-state index contributed by atoms with van der Waals surface area (Å²) in [7, 11) is 0. The topological polar surface area (TPSA) is 27.6 Å². The molecule has 2 aliphatic heterocycles. The third-order valence-corrected chi connectivity index (χ3v) is 4.16. The molecular weight excluding hydrogens is 329 g/mol. The Balaban J connectivity index is 1.92. The first-order valence-corrected chi connectivity index (χ1v) is 7.19. The molecule has 3 nitrogen and oxygen atoms in total. The van der Waals surface area contributed by atoms with Crippen molar-refractivity contribution in [2.75, 3.05) is 18.4 Å². The predicted octanol–water partition coefficient (Wildman–Crippen LogP) is 3.57. The van der Waals surface area contributed by atoms with E-state index in [9.17, 15) is 22.0 Å². The van der Waals surface area contributed by atoms with Crippen molar-refractivity contribution in [3.8, 4) is 0 Å². The molecule has 0 aliphatic carbocycles. The van der Waals surface area contributed by atoms with E-state index in [4.69, 9.17) is 0 Å². The predicted molar refractivity (Wildman–Crippen MR) is 77.1 cm³/mol. The Morgan fingerprint density at radius 2 is 1.54 bits per heavy atom. The maximum absolute atomic E-state index is 14.2. The lowest BCUT2D eigenvalue weighted by Gasteiger charge is -2.37. The number of hydrogen-bond donors (Lipinski definition) is 1. The summed E-state index contributed by atoms with van der Waals surface area (Å²) in [4.78, 5) is 5.79. The van der Waals surface area contributed by atoms with E-state index >= 15 is 0 Å². The number of hydrogen-bond acceptors (Lipinski definition) is 3. The number of benzene rings is 2. The number of amidine groups is 1. The second-order valence-electron chi connectivity index (χ2n) is 5.47. The van der Waals surface area contributed by atoms with Crippen molar-refractivity contribution in [1.82, 2.24) is 4.90 Å². The van der Waals surface area contributed by atoms with E-state index in [1.165, 1.54) is 4.90 Å². The maximum atomic E-state index is 14.2. The number of rotatable bonds is 1. The quantitative estimate of drug-likeness (QED) is 0.489. The number of para-hydroxylation sites is 1. The van der Waals surface area contributed by atoms with Crippen molar-refractivity contribution in [3.63, 3.8) is 0 Å². The van der Waals surface area contributed by atoms with E-state index in [0.29, 0.717) is 24.6 Å². The van der Waals surface area contributed by atoms with E-state index in [1.807, 2.05) is 0 Å². The molecule has 2 aromatic rings. The minimum Gasteiger partial charge on any atom is -0.361 e. The highest BCUT2D eigenvalue weighted by Crippen LogP contribution is 2.38. The van der Waals surface area contributed by atoms with Crippen LogP contribution in [0.25, 0.3) is 0 Å². The van der Waals surface area contributed by atoms with Crippen LogP contribution in [0.4, 0.5) is 27.6 Å². The van der Waals surface area contributed by atoms with Gasteiger partial charge in [0.25, 0.3) is 0 Å². The lowest BCUT2D eigenvalue weighted by molar-refractivity contribution is 0.317. The molecule has 0 saturated carbocycles. The van der Waals surface area contributed by atoms with Crippen LogP contribution in [0.15, 0.2) is 29.3 Å². The van der Waals surface area contributed by atoms with Gasteiger partial charge in [-0.2, -0.15) is 0 Å². The first-order chi connectivity index (χ1) is 11.5. The monoisotopic (exact) mass is 339 g/mol. The van der Waals surface area contributed by atoms with Crippen LogP contribution in [-0.2, 0) is 0 Å². The second kappa shape index (κ2) is 5.19. The number of fused-ring (bicyclic) bond motifs is 3. The van der Waals surface area contributed by atoms with Gasteiger partial charge in [-0.3, -0.25) is 4.99 Å². The van der Waals surface area contributed by atoms with Crippen LogP contribution in [0.5, 0.6) is 0 Å². The van der Waals surface area contributed by atoms with Crippen LogP contribution in [0.1, 0.15) is 17.3 Å². The maximum Gasteiger partial charge on any atom is 0.200 e. The highest BCUT2D eigenvalue weighted by Gasteiger charge is 2.39. The Bertz CT molecular complexity index is 851. The summed E-state index contributed by atoms with van der Waals surface area (Å²) >= 11 is 0. The molecule has 0 spiro atoms. The van der Waals surface area contributed by atoms with Crippen LogP contribution >= 0.6 is 0 Å². The van der Waals surface area contributed by atoms with E-state index in [2.05, 4.69) is 10.3 Å². The zero-order valence-electron chi connectivity index (χ0n) is 12.1. The standard InChI is InChI=1S/C16H10F5N3/c17-10-9(11(18)13(20)14(21)12(10)19)16-23-8-4-2-1-3-7(8)15-22-5-6-24(15)16/h1-4,16,23H,5-6H2. The lowest BCUT2D eigenvalue weighted by Crippen LogP contribution is -2.42. The van der Waals surface area contributed by atoms with Crippen molar-refractivity contribution in [3.05, 3.63) is 64.5 Å². The average molecular weight is 339 g/mol. The van der Waals surface area contributed by atoms with E-state index < -0.39 is 40.8 Å². The fourth-order valence-electron chi connectivity index (χ4n) is 3.07. The summed E-state index contributed by atoms with van der Waals surface area (Å²) in [6.45, 7) is 0.679. The van der Waals surface area contributed by atoms with E-state index in [-0.39, 0.29) is 0 Å². The zero-order valence-corrected chi connectivity index (χ0v) is 12.1. The summed E-state index contributed by atoms with van der Waals surface area (Å²) < 4.78 is 68.8. The van der Waals surface area contributed by atoms with Gasteiger partial charge >= 0.3 is 0 Å². The molecule has 24 heavy (non-hydrogen) atoms. The molecule has 0 bridgehead atoms. The molecule has 8 heteroatoms. The SMILES string of the molecule is Fc1c(F)c(F)c(C2Nc3ccccc3C3=NCCN32)c(F)c1F. The van der Waals surface area contributed by atoms with Gasteiger partial charge in [-0.05, 0) is 12.1 Å². The Kier molecular flexibility index (Phi) is 3.22. The van der Waals surface area contributed by atoms with Crippen molar-refractivity contribution in [2.45, 2.75) is 6.17 Å². The van der Waals surface area contributed by atoms with Gasteiger partial charge in [0.15, 0.2) is 23.3 Å². The zero-order chi connectivity index (χ0) is 17.0. The first-order valence-electron chi connectivity index (χ1n) is 7.19. The Morgan fingerprint density at radius 1 is 0.917 bits per heavy atom. The normalized spacial score (nSPS) is 18.8. The Labute approximate surface area is 133 Å². The molecule has 124 valence electrons. The summed E-state index contributed by atoms with van der Waals surface area (Å²) in [5.41, 5.74) is 0.328. The van der Waals surface area contributed by atoms with Gasteiger partial charge in [0.2, 0.25) is 5.82 Å². The van der Waals surface area contributed by atoms with Gasteiger partial charge in [-0.1, -0.05) is 12.1 Å². The molecule has 0 aromatic heterocycles. The highest BCUT2D eigenvalue weighted by atomic mass is 19.2. The molecule has 2 heterocycles. The minimum atomic E-state index is -2.17. The summed E-state index contributed by atoms with van der Waals surface area (Å²) in [6.07, 6.45) is -1.23. The van der Waals surface area contributed by atoms with E-state index in [1.54, 1.807) is 24.3 Å². The van der Waals surface area contributed by atoms with Crippen LogP contribution in [0, 0.1) is 29.1 Å². The summed E-state index contributed by atoms with van der Waals surface area (Å²) in [5.74, 6) is -9.29. The van der Waals surface area contributed by atoms with Crippen LogP contribution in [0.3, 0.4) is 0 Å². The molecule has 0 saturated heterocycles. The van der Waals surface area contributed by atoms with E-state index in [0.717, 1.165) is 5.56 Å². The lowest BCUT2D eigenvalue weighted by atomic mass is 10.0. The van der Waals surface area contributed by atoms with Gasteiger partial charge in [0.05, 0.1) is 12.1 Å². The molecule has 0 radical (unpaired) electrons. The van der Waals surface area contributed by atoms with Crippen LogP contribution < -0.4 is 5.32 Å². The molecule has 4 rings (SSSR count). The van der Waals surface area contributed by atoms with Gasteiger partial charge in [-0.25, -0.2) is 22.0 Å². The van der Waals surface area contributed by atoms with Crippen molar-refractivity contribution < 1.29 is 22.0 Å². The summed E-state index contributed by atoms with van der Waals surface area (Å²) in [6, 6.07) is 6.91. The largest absolute Gasteiger partial charge is 0.361 e. The second-order valence-corrected chi connectivity index (χ2v) is 5.47.